The summed E-state index contributed by atoms with van der Waals surface area (Å²) >= 11 is 0. The van der Waals surface area contributed by atoms with E-state index in [-0.39, 0.29) is 22.9 Å². The van der Waals surface area contributed by atoms with Crippen molar-refractivity contribution in [1.82, 2.24) is 9.78 Å². The number of nitrogens with zero attached hydrogens (tertiary/aromatic N) is 3. The number of anilines is 1. The van der Waals surface area contributed by atoms with Crippen molar-refractivity contribution < 1.29 is 14.1 Å². The summed E-state index contributed by atoms with van der Waals surface area (Å²) in [5, 5.41) is 17.1. The summed E-state index contributed by atoms with van der Waals surface area (Å²) in [6.45, 7) is 4.15. The van der Waals surface area contributed by atoms with Crippen molar-refractivity contribution in [2.24, 2.45) is 5.92 Å². The van der Waals surface area contributed by atoms with E-state index in [2.05, 4.69) is 10.4 Å². The van der Waals surface area contributed by atoms with Crippen LogP contribution in [0.25, 0.3) is 0 Å². The molecule has 24 heavy (non-hydrogen) atoms. The molecule has 1 aromatic heterocycles. The second kappa shape index (κ2) is 6.99. The van der Waals surface area contributed by atoms with Crippen molar-refractivity contribution in [3.63, 3.8) is 0 Å². The molecule has 0 aliphatic rings. The van der Waals surface area contributed by atoms with Gasteiger partial charge in [-0.1, -0.05) is 13.8 Å². The fraction of sp³-hybridized carbons (Fsp3) is 0.267. The number of hydrogen-bond acceptors (Lipinski definition) is 5. The number of benzene rings is 1. The van der Waals surface area contributed by atoms with E-state index < -0.39 is 22.3 Å². The van der Waals surface area contributed by atoms with Gasteiger partial charge in [0.15, 0.2) is 0 Å². The van der Waals surface area contributed by atoms with Crippen molar-refractivity contribution >= 4 is 17.3 Å². The van der Waals surface area contributed by atoms with Crippen molar-refractivity contribution in [3.05, 3.63) is 62.3 Å². The minimum Gasteiger partial charge on any atom is -0.320 e. The lowest BCUT2D eigenvalue weighted by Gasteiger charge is -2.09. The first-order chi connectivity index (χ1) is 11.3. The number of rotatable bonds is 5. The smallest absolute Gasteiger partial charge is 0.306 e. The zero-order valence-electron chi connectivity index (χ0n) is 13.0. The summed E-state index contributed by atoms with van der Waals surface area (Å²) in [5.41, 5.74) is -1.05. The van der Waals surface area contributed by atoms with E-state index >= 15 is 0 Å². The van der Waals surface area contributed by atoms with Crippen LogP contribution in [-0.4, -0.2) is 20.6 Å². The number of nitrogens with one attached hydrogen (secondary N) is 1. The Morgan fingerprint density at radius 1 is 1.38 bits per heavy atom. The van der Waals surface area contributed by atoms with Crippen LogP contribution in [0, 0.1) is 21.8 Å². The van der Waals surface area contributed by atoms with Crippen LogP contribution in [0.5, 0.6) is 0 Å². The van der Waals surface area contributed by atoms with E-state index in [1.165, 1.54) is 22.9 Å². The molecule has 8 nitrogen and oxygen atoms in total. The average Bonchev–Trinajstić information content (AvgIpc) is 2.50. The third kappa shape index (κ3) is 4.00. The van der Waals surface area contributed by atoms with Gasteiger partial charge in [0.2, 0.25) is 5.82 Å². The zero-order valence-corrected chi connectivity index (χ0v) is 13.0. The number of nitro groups is 1. The molecule has 0 atom stereocenters. The number of nitro benzene ring substituents is 1. The van der Waals surface area contributed by atoms with E-state index in [4.69, 9.17) is 0 Å². The molecule has 0 saturated heterocycles. The molecule has 1 aromatic carbocycles. The molecule has 1 amide bonds. The van der Waals surface area contributed by atoms with Gasteiger partial charge in [0.05, 0.1) is 4.92 Å². The SMILES string of the molecule is CC(C)Cn1nc(C(=O)Nc2ccc(F)c([N+](=O)[O-])c2)ccc1=O. The van der Waals surface area contributed by atoms with E-state index in [9.17, 15) is 24.1 Å². The Labute approximate surface area is 136 Å². The second-order valence-corrected chi connectivity index (χ2v) is 5.51. The van der Waals surface area contributed by atoms with Gasteiger partial charge in [-0.2, -0.15) is 9.49 Å². The summed E-state index contributed by atoms with van der Waals surface area (Å²) in [6.07, 6.45) is 0. The molecular formula is C15H15FN4O4. The van der Waals surface area contributed by atoms with Gasteiger partial charge in [0.25, 0.3) is 11.5 Å². The normalized spacial score (nSPS) is 10.7. The van der Waals surface area contributed by atoms with Gasteiger partial charge < -0.3 is 5.32 Å². The number of amides is 1. The Morgan fingerprint density at radius 2 is 2.08 bits per heavy atom. The zero-order chi connectivity index (χ0) is 17.9. The third-order valence-electron chi connectivity index (χ3n) is 3.04. The summed E-state index contributed by atoms with van der Waals surface area (Å²) in [6, 6.07) is 5.48. The van der Waals surface area contributed by atoms with E-state index in [0.29, 0.717) is 6.54 Å². The van der Waals surface area contributed by atoms with Crippen molar-refractivity contribution in [2.75, 3.05) is 5.32 Å². The lowest BCUT2D eigenvalue weighted by Crippen LogP contribution is -2.27. The maximum absolute atomic E-state index is 13.3. The van der Waals surface area contributed by atoms with Crippen LogP contribution in [0.15, 0.2) is 35.1 Å². The van der Waals surface area contributed by atoms with Gasteiger partial charge in [-0.05, 0) is 24.1 Å². The topological polar surface area (TPSA) is 107 Å². The highest BCUT2D eigenvalue weighted by atomic mass is 19.1. The molecule has 1 N–H and O–H groups in total. The van der Waals surface area contributed by atoms with E-state index in [1.54, 1.807) is 0 Å². The van der Waals surface area contributed by atoms with Gasteiger partial charge >= 0.3 is 5.69 Å². The molecule has 0 aliphatic heterocycles. The Hall–Kier alpha value is -3.10. The van der Waals surface area contributed by atoms with Gasteiger partial charge in [-0.15, -0.1) is 0 Å². The average molecular weight is 334 g/mol. The first-order valence-electron chi connectivity index (χ1n) is 7.11. The highest BCUT2D eigenvalue weighted by Gasteiger charge is 2.16. The molecule has 9 heteroatoms. The highest BCUT2D eigenvalue weighted by Crippen LogP contribution is 2.21. The maximum atomic E-state index is 13.3. The lowest BCUT2D eigenvalue weighted by molar-refractivity contribution is -0.387. The van der Waals surface area contributed by atoms with Crippen LogP contribution in [0.3, 0.4) is 0 Å². The molecule has 126 valence electrons. The van der Waals surface area contributed by atoms with Crippen LogP contribution in [0.2, 0.25) is 0 Å². The molecule has 2 aromatic rings. The Balaban J connectivity index is 2.26. The summed E-state index contributed by atoms with van der Waals surface area (Å²) in [7, 11) is 0. The molecule has 0 unspecified atom stereocenters. The van der Waals surface area contributed by atoms with E-state index in [1.807, 2.05) is 13.8 Å². The summed E-state index contributed by atoms with van der Waals surface area (Å²) in [5.74, 6) is -1.50. The summed E-state index contributed by atoms with van der Waals surface area (Å²) < 4.78 is 14.5. The predicted molar refractivity (Wildman–Crippen MR) is 84.3 cm³/mol. The number of aromatic nitrogens is 2. The van der Waals surface area contributed by atoms with Crippen LogP contribution in [0.1, 0.15) is 24.3 Å². The number of halogens is 1. The second-order valence-electron chi connectivity index (χ2n) is 5.51. The Bertz CT molecular complexity index is 848. The fourth-order valence-corrected chi connectivity index (χ4v) is 1.97. The minimum atomic E-state index is -0.999. The maximum Gasteiger partial charge on any atom is 0.306 e. The molecule has 0 bridgehead atoms. The largest absolute Gasteiger partial charge is 0.320 e. The van der Waals surface area contributed by atoms with Crippen LogP contribution < -0.4 is 10.9 Å². The van der Waals surface area contributed by atoms with Gasteiger partial charge in [-0.25, -0.2) is 4.68 Å². The quantitative estimate of drug-likeness (QED) is 0.666. The number of carbonyl (C=O) groups is 1. The van der Waals surface area contributed by atoms with Gasteiger partial charge in [0.1, 0.15) is 5.69 Å². The molecule has 0 saturated carbocycles. The number of hydrogen-bond donors (Lipinski definition) is 1. The molecule has 0 aliphatic carbocycles. The van der Waals surface area contributed by atoms with Gasteiger partial charge in [-0.3, -0.25) is 19.7 Å². The predicted octanol–water partition coefficient (Wildman–Crippen LogP) is 2.20. The monoisotopic (exact) mass is 334 g/mol. The standard InChI is InChI=1S/C15H15FN4O4/c1-9(2)8-19-14(21)6-5-12(18-19)15(22)17-10-3-4-11(16)13(7-10)20(23)24/h3-7,9H,8H2,1-2H3,(H,17,22). The van der Waals surface area contributed by atoms with Crippen molar-refractivity contribution in [1.29, 1.82) is 0 Å². The fourth-order valence-electron chi connectivity index (χ4n) is 1.97. The first kappa shape index (κ1) is 17.3. The van der Waals surface area contributed by atoms with E-state index in [0.717, 1.165) is 12.1 Å². The first-order valence-corrected chi connectivity index (χ1v) is 7.11. The van der Waals surface area contributed by atoms with Crippen molar-refractivity contribution in [2.45, 2.75) is 20.4 Å². The molecule has 0 radical (unpaired) electrons. The molecule has 0 fully saturated rings. The van der Waals surface area contributed by atoms with Gasteiger partial charge in [0, 0.05) is 24.4 Å². The highest BCUT2D eigenvalue weighted by molar-refractivity contribution is 6.02. The molecule has 1 heterocycles. The Kier molecular flexibility index (Phi) is 5.02. The van der Waals surface area contributed by atoms with Crippen LogP contribution >= 0.6 is 0 Å². The lowest BCUT2D eigenvalue weighted by atomic mass is 10.2. The van der Waals surface area contributed by atoms with Crippen LogP contribution in [-0.2, 0) is 6.54 Å². The number of carbonyl (C=O) groups excluding carboxylic acids is 1. The third-order valence-corrected chi connectivity index (χ3v) is 3.04. The Morgan fingerprint density at radius 3 is 2.71 bits per heavy atom. The van der Waals surface area contributed by atoms with Crippen molar-refractivity contribution in [3.8, 4) is 0 Å². The minimum absolute atomic E-state index is 0.0257. The summed E-state index contributed by atoms with van der Waals surface area (Å²) in [4.78, 5) is 33.7. The molecule has 0 spiro atoms. The molecule has 2 rings (SSSR count). The van der Waals surface area contributed by atoms with Crippen LogP contribution in [0.4, 0.5) is 15.8 Å². The molecular weight excluding hydrogens is 319 g/mol.